The smallest absolute Gasteiger partial charge is 0.426 e. The van der Waals surface area contributed by atoms with E-state index in [0.29, 0.717) is 26.2 Å². The predicted octanol–water partition coefficient (Wildman–Crippen LogP) is 0.0285. The standard InChI is InChI=1S/C17H37N7O3/c1-15(25)24(13-6-3-2-4-12-22-16(19)20)23-17(26)27-14-7-5-10-21-11-8-9-18/h21H,2-14,18H2,1H3,(H,23,26)(H4,19,20,22). The van der Waals surface area contributed by atoms with Crippen LogP contribution in [-0.4, -0.2) is 62.3 Å². The Labute approximate surface area is 162 Å². The van der Waals surface area contributed by atoms with Crippen molar-refractivity contribution in [2.75, 3.05) is 39.3 Å². The number of hydrazine groups is 1. The first kappa shape index (κ1) is 24.9. The quantitative estimate of drug-likeness (QED) is 0.115. The van der Waals surface area contributed by atoms with Crippen molar-refractivity contribution >= 4 is 18.0 Å². The Morgan fingerprint density at radius 3 is 2.37 bits per heavy atom. The van der Waals surface area contributed by atoms with Gasteiger partial charge in [0.2, 0.25) is 5.91 Å². The third kappa shape index (κ3) is 17.1. The minimum Gasteiger partial charge on any atom is -0.448 e. The molecule has 10 heteroatoms. The lowest BCUT2D eigenvalue weighted by molar-refractivity contribution is -0.131. The highest BCUT2D eigenvalue weighted by atomic mass is 16.6. The van der Waals surface area contributed by atoms with E-state index in [9.17, 15) is 9.59 Å². The van der Waals surface area contributed by atoms with E-state index < -0.39 is 6.09 Å². The molecule has 0 saturated carbocycles. The lowest BCUT2D eigenvalue weighted by atomic mass is 10.2. The average molecular weight is 388 g/mol. The number of unbranched alkanes of at least 4 members (excludes halogenated alkanes) is 4. The van der Waals surface area contributed by atoms with Crippen LogP contribution >= 0.6 is 0 Å². The topological polar surface area (TPSA) is 161 Å². The van der Waals surface area contributed by atoms with Gasteiger partial charge >= 0.3 is 6.09 Å². The molecule has 0 aromatic rings. The molecule has 8 N–H and O–H groups in total. The van der Waals surface area contributed by atoms with E-state index in [4.69, 9.17) is 21.9 Å². The Kier molecular flexibility index (Phi) is 16.0. The number of ether oxygens (including phenoxy) is 1. The number of hydrogen-bond acceptors (Lipinski definition) is 6. The zero-order valence-corrected chi connectivity index (χ0v) is 16.5. The second kappa shape index (κ2) is 17.3. The SMILES string of the molecule is CC(=O)N(CCCCCCN=C(N)N)NC(=O)OCCCCNCCCN. The summed E-state index contributed by atoms with van der Waals surface area (Å²) < 4.78 is 5.10. The number of rotatable bonds is 15. The summed E-state index contributed by atoms with van der Waals surface area (Å²) in [4.78, 5) is 27.3. The molecule has 2 amide bonds. The summed E-state index contributed by atoms with van der Waals surface area (Å²) in [5.74, 6) is -0.125. The Morgan fingerprint density at radius 1 is 1.00 bits per heavy atom. The van der Waals surface area contributed by atoms with Gasteiger partial charge in [-0.1, -0.05) is 12.8 Å². The molecule has 0 aliphatic carbocycles. The van der Waals surface area contributed by atoms with Crippen molar-refractivity contribution in [2.24, 2.45) is 22.2 Å². The monoisotopic (exact) mass is 387 g/mol. The van der Waals surface area contributed by atoms with Crippen LogP contribution in [0.5, 0.6) is 0 Å². The summed E-state index contributed by atoms with van der Waals surface area (Å²) in [5.41, 5.74) is 18.4. The summed E-state index contributed by atoms with van der Waals surface area (Å²) in [6.45, 7) is 5.23. The maximum atomic E-state index is 11.8. The third-order valence-corrected chi connectivity index (χ3v) is 3.73. The second-order valence-corrected chi connectivity index (χ2v) is 6.24. The summed E-state index contributed by atoms with van der Waals surface area (Å²) in [6.07, 6.45) is 5.55. The summed E-state index contributed by atoms with van der Waals surface area (Å²) in [6, 6.07) is 0. The molecule has 0 spiro atoms. The minimum atomic E-state index is -0.603. The Hall–Kier alpha value is -2.07. The van der Waals surface area contributed by atoms with Crippen molar-refractivity contribution in [3.05, 3.63) is 0 Å². The fourth-order valence-electron chi connectivity index (χ4n) is 2.25. The van der Waals surface area contributed by atoms with Crippen LogP contribution in [0.3, 0.4) is 0 Å². The van der Waals surface area contributed by atoms with Gasteiger partial charge in [-0.25, -0.2) is 10.2 Å². The van der Waals surface area contributed by atoms with Crippen molar-refractivity contribution < 1.29 is 14.3 Å². The maximum Gasteiger partial charge on any atom is 0.426 e. The molecule has 0 fully saturated rings. The molecule has 0 atom stereocenters. The summed E-state index contributed by atoms with van der Waals surface area (Å²) in [5, 5.41) is 4.54. The molecule has 0 aliphatic rings. The molecule has 0 heterocycles. The highest BCUT2D eigenvalue weighted by molar-refractivity contribution is 5.77. The highest BCUT2D eigenvalue weighted by Gasteiger charge is 2.12. The predicted molar refractivity (Wildman–Crippen MR) is 107 cm³/mol. The van der Waals surface area contributed by atoms with E-state index >= 15 is 0 Å². The van der Waals surface area contributed by atoms with E-state index in [1.54, 1.807) is 0 Å². The number of nitrogens with one attached hydrogen (secondary N) is 2. The van der Waals surface area contributed by atoms with Gasteiger partial charge in [-0.15, -0.1) is 0 Å². The third-order valence-electron chi connectivity index (χ3n) is 3.73. The second-order valence-electron chi connectivity index (χ2n) is 6.24. The normalized spacial score (nSPS) is 10.3. The van der Waals surface area contributed by atoms with Crippen molar-refractivity contribution in [3.63, 3.8) is 0 Å². The van der Waals surface area contributed by atoms with Gasteiger partial charge in [0.05, 0.1) is 6.61 Å². The van der Waals surface area contributed by atoms with E-state index in [-0.39, 0.29) is 11.9 Å². The van der Waals surface area contributed by atoms with Crippen LogP contribution in [-0.2, 0) is 9.53 Å². The van der Waals surface area contributed by atoms with Crippen LogP contribution in [0.4, 0.5) is 4.79 Å². The average Bonchev–Trinajstić information content (AvgIpc) is 2.61. The number of guanidine groups is 1. The van der Waals surface area contributed by atoms with E-state index in [0.717, 1.165) is 58.0 Å². The van der Waals surface area contributed by atoms with Crippen LogP contribution in [0.15, 0.2) is 4.99 Å². The summed E-state index contributed by atoms with van der Waals surface area (Å²) in [7, 11) is 0. The molecular formula is C17H37N7O3. The molecule has 0 aromatic heterocycles. The van der Waals surface area contributed by atoms with E-state index in [1.165, 1.54) is 11.9 Å². The fraction of sp³-hybridized carbons (Fsp3) is 0.824. The molecule has 0 saturated heterocycles. The molecule has 27 heavy (non-hydrogen) atoms. The molecule has 0 aromatic carbocycles. The molecule has 0 radical (unpaired) electrons. The molecule has 0 aliphatic heterocycles. The first-order valence-electron chi connectivity index (χ1n) is 9.65. The molecule has 158 valence electrons. The molecule has 10 nitrogen and oxygen atoms in total. The van der Waals surface area contributed by atoms with Gasteiger partial charge in [0.15, 0.2) is 5.96 Å². The lowest BCUT2D eigenvalue weighted by Crippen LogP contribution is -2.46. The van der Waals surface area contributed by atoms with Crippen molar-refractivity contribution in [2.45, 2.75) is 51.9 Å². The first-order chi connectivity index (χ1) is 13.0. The number of nitrogens with two attached hydrogens (primary N) is 3. The number of amides is 2. The number of carbonyl (C=O) groups excluding carboxylic acids is 2. The molecule has 0 unspecified atom stereocenters. The van der Waals surface area contributed by atoms with Crippen LogP contribution in [0, 0.1) is 0 Å². The van der Waals surface area contributed by atoms with Gasteiger partial charge in [-0.05, 0) is 51.7 Å². The van der Waals surface area contributed by atoms with Gasteiger partial charge < -0.3 is 27.3 Å². The van der Waals surface area contributed by atoms with Crippen molar-refractivity contribution in [1.29, 1.82) is 0 Å². The Bertz CT molecular complexity index is 429. The Balaban J connectivity index is 3.75. The minimum absolute atomic E-state index is 0.100. The fourth-order valence-corrected chi connectivity index (χ4v) is 2.25. The zero-order valence-electron chi connectivity index (χ0n) is 16.5. The number of hydrogen-bond donors (Lipinski definition) is 5. The molecule has 0 bridgehead atoms. The zero-order chi connectivity index (χ0) is 20.3. The van der Waals surface area contributed by atoms with Gasteiger partial charge in [-0.3, -0.25) is 14.8 Å². The molecular weight excluding hydrogens is 350 g/mol. The van der Waals surface area contributed by atoms with Gasteiger partial charge in [-0.2, -0.15) is 0 Å². The van der Waals surface area contributed by atoms with Crippen molar-refractivity contribution in [1.82, 2.24) is 15.8 Å². The van der Waals surface area contributed by atoms with E-state index in [1.807, 2.05) is 0 Å². The Morgan fingerprint density at radius 2 is 1.70 bits per heavy atom. The number of nitrogens with zero attached hydrogens (tertiary/aromatic N) is 2. The van der Waals surface area contributed by atoms with Crippen LogP contribution in [0.2, 0.25) is 0 Å². The van der Waals surface area contributed by atoms with Crippen LogP contribution < -0.4 is 27.9 Å². The van der Waals surface area contributed by atoms with Crippen LogP contribution in [0.1, 0.15) is 51.9 Å². The van der Waals surface area contributed by atoms with Crippen LogP contribution in [0.25, 0.3) is 0 Å². The lowest BCUT2D eigenvalue weighted by Gasteiger charge is -2.21. The number of aliphatic imine (C=N–C) groups is 1. The maximum absolute atomic E-state index is 11.8. The van der Waals surface area contributed by atoms with Gasteiger partial charge in [0.25, 0.3) is 0 Å². The van der Waals surface area contributed by atoms with Gasteiger partial charge in [0, 0.05) is 20.0 Å². The number of carbonyl (C=O) groups is 2. The van der Waals surface area contributed by atoms with E-state index in [2.05, 4.69) is 15.7 Å². The first-order valence-corrected chi connectivity index (χ1v) is 9.65. The van der Waals surface area contributed by atoms with Crippen molar-refractivity contribution in [3.8, 4) is 0 Å². The highest BCUT2D eigenvalue weighted by Crippen LogP contribution is 2.02. The summed E-state index contributed by atoms with van der Waals surface area (Å²) >= 11 is 0. The van der Waals surface area contributed by atoms with Gasteiger partial charge in [0.1, 0.15) is 0 Å². The molecule has 0 rings (SSSR count). The largest absolute Gasteiger partial charge is 0.448 e.